The Bertz CT molecular complexity index is 819. The summed E-state index contributed by atoms with van der Waals surface area (Å²) >= 11 is 1.24. The largest absolute Gasteiger partial charge is 0.376 e. The molecule has 2 aromatic rings. The molecular weight excluding hydrogens is 362 g/mol. The molecule has 1 aliphatic rings. The van der Waals surface area contributed by atoms with E-state index in [0.717, 1.165) is 25.0 Å². The van der Waals surface area contributed by atoms with Gasteiger partial charge in [-0.25, -0.2) is 0 Å². The first-order valence-electron chi connectivity index (χ1n) is 9.15. The van der Waals surface area contributed by atoms with Crippen LogP contribution in [0.3, 0.4) is 0 Å². The molecule has 6 heteroatoms. The van der Waals surface area contributed by atoms with Gasteiger partial charge in [-0.15, -0.1) is 11.3 Å². The topological polar surface area (TPSA) is 72.5 Å². The van der Waals surface area contributed by atoms with E-state index in [1.807, 2.05) is 12.1 Å². The van der Waals surface area contributed by atoms with Crippen LogP contribution in [0.4, 0.5) is 0 Å². The predicted octanol–water partition coefficient (Wildman–Crippen LogP) is 3.68. The highest BCUT2D eigenvalue weighted by Crippen LogP contribution is 2.19. The number of thiophene rings is 1. The van der Waals surface area contributed by atoms with Gasteiger partial charge in [-0.05, 0) is 56.0 Å². The van der Waals surface area contributed by atoms with Gasteiger partial charge >= 0.3 is 0 Å². The van der Waals surface area contributed by atoms with Crippen LogP contribution in [0.2, 0.25) is 0 Å². The molecule has 0 aliphatic carbocycles. The minimum Gasteiger partial charge on any atom is -0.376 e. The normalized spacial score (nSPS) is 16.3. The number of carbonyl (C=O) groups excluding carboxylic acids is 3. The van der Waals surface area contributed by atoms with Crippen molar-refractivity contribution in [1.29, 1.82) is 0 Å². The van der Waals surface area contributed by atoms with E-state index in [4.69, 9.17) is 4.74 Å². The van der Waals surface area contributed by atoms with E-state index in [1.165, 1.54) is 18.3 Å². The van der Waals surface area contributed by atoms with Crippen molar-refractivity contribution in [3.8, 4) is 0 Å². The number of ether oxygens (including phenoxy) is 1. The molecule has 1 fully saturated rings. The quantitative estimate of drug-likeness (QED) is 0.704. The van der Waals surface area contributed by atoms with Crippen molar-refractivity contribution in [3.05, 3.63) is 57.3 Å². The molecule has 1 unspecified atom stereocenters. The number of hydrogen-bond donors (Lipinski definition) is 1. The Morgan fingerprint density at radius 1 is 1.11 bits per heavy atom. The Kier molecular flexibility index (Phi) is 6.53. The summed E-state index contributed by atoms with van der Waals surface area (Å²) in [6, 6.07) is 10.7. The summed E-state index contributed by atoms with van der Waals surface area (Å²) in [5, 5.41) is 2.90. The van der Waals surface area contributed by atoms with Crippen molar-refractivity contribution in [3.63, 3.8) is 0 Å². The Morgan fingerprint density at radius 2 is 1.85 bits per heavy atom. The molecule has 27 heavy (non-hydrogen) atoms. The molecule has 2 heterocycles. The minimum absolute atomic E-state index is 0.0209. The third kappa shape index (κ3) is 5.34. The average Bonchev–Trinajstić information content (AvgIpc) is 3.36. The van der Waals surface area contributed by atoms with Gasteiger partial charge in [0.2, 0.25) is 0 Å². The van der Waals surface area contributed by atoms with Gasteiger partial charge in [0.1, 0.15) is 0 Å². The predicted molar refractivity (Wildman–Crippen MR) is 105 cm³/mol. The monoisotopic (exact) mass is 385 g/mol. The highest BCUT2D eigenvalue weighted by atomic mass is 32.1. The van der Waals surface area contributed by atoms with Crippen LogP contribution in [-0.4, -0.2) is 36.7 Å². The Morgan fingerprint density at radius 3 is 2.48 bits per heavy atom. The molecule has 0 radical (unpaired) electrons. The van der Waals surface area contributed by atoms with E-state index in [2.05, 4.69) is 5.32 Å². The fourth-order valence-corrected chi connectivity index (χ4v) is 3.86. The summed E-state index contributed by atoms with van der Waals surface area (Å²) in [5.41, 5.74) is 1.61. The smallest absolute Gasteiger partial charge is 0.251 e. The van der Waals surface area contributed by atoms with Crippen molar-refractivity contribution < 1.29 is 19.1 Å². The van der Waals surface area contributed by atoms with E-state index < -0.39 is 0 Å². The van der Waals surface area contributed by atoms with Crippen molar-refractivity contribution in [1.82, 2.24) is 5.32 Å². The van der Waals surface area contributed by atoms with Gasteiger partial charge in [0.25, 0.3) is 5.91 Å². The van der Waals surface area contributed by atoms with Gasteiger partial charge < -0.3 is 10.1 Å². The first kappa shape index (κ1) is 19.5. The third-order valence-electron chi connectivity index (χ3n) is 4.60. The summed E-state index contributed by atoms with van der Waals surface area (Å²) in [6.45, 7) is 2.81. The highest BCUT2D eigenvalue weighted by Gasteiger charge is 2.17. The Balaban J connectivity index is 1.48. The van der Waals surface area contributed by atoms with Crippen molar-refractivity contribution >= 4 is 28.8 Å². The maximum Gasteiger partial charge on any atom is 0.251 e. The van der Waals surface area contributed by atoms with Crippen LogP contribution in [-0.2, 0) is 11.2 Å². The lowest BCUT2D eigenvalue weighted by Crippen LogP contribution is -2.31. The second-order valence-electron chi connectivity index (χ2n) is 6.69. The number of benzene rings is 1. The van der Waals surface area contributed by atoms with Crippen molar-refractivity contribution in [2.75, 3.05) is 13.2 Å². The van der Waals surface area contributed by atoms with Crippen LogP contribution in [0.25, 0.3) is 0 Å². The summed E-state index contributed by atoms with van der Waals surface area (Å²) in [7, 11) is 0. The van der Waals surface area contributed by atoms with Crippen LogP contribution >= 0.6 is 11.3 Å². The molecule has 1 aromatic heterocycles. The summed E-state index contributed by atoms with van der Waals surface area (Å²) in [4.78, 5) is 37.0. The molecule has 0 spiro atoms. The number of hydrogen-bond acceptors (Lipinski definition) is 5. The molecule has 1 N–H and O–H groups in total. The van der Waals surface area contributed by atoms with E-state index >= 15 is 0 Å². The van der Waals surface area contributed by atoms with Crippen molar-refractivity contribution in [2.45, 2.75) is 38.7 Å². The number of Topliss-reactive ketones (excluding diaryl/α,β-unsaturated/α-hetero) is 2. The van der Waals surface area contributed by atoms with Gasteiger partial charge in [0.05, 0.1) is 15.9 Å². The summed E-state index contributed by atoms with van der Waals surface area (Å²) < 4.78 is 5.50. The van der Waals surface area contributed by atoms with Gasteiger partial charge in [0, 0.05) is 25.1 Å². The lowest BCUT2D eigenvalue weighted by atomic mass is 10.0. The maximum absolute atomic E-state index is 12.3. The van der Waals surface area contributed by atoms with Gasteiger partial charge in [-0.1, -0.05) is 12.1 Å². The number of amides is 1. The van der Waals surface area contributed by atoms with E-state index in [-0.39, 0.29) is 23.6 Å². The van der Waals surface area contributed by atoms with Crippen LogP contribution in [0.15, 0.2) is 36.4 Å². The van der Waals surface area contributed by atoms with E-state index in [0.29, 0.717) is 34.7 Å². The average molecular weight is 385 g/mol. The zero-order valence-corrected chi connectivity index (χ0v) is 16.1. The number of aryl methyl sites for hydroxylation is 1. The fraction of sp³-hybridized carbons (Fsp3) is 0.381. The minimum atomic E-state index is -0.108. The molecule has 3 rings (SSSR count). The molecule has 1 saturated heterocycles. The van der Waals surface area contributed by atoms with E-state index in [9.17, 15) is 14.4 Å². The molecule has 142 valence electrons. The van der Waals surface area contributed by atoms with Gasteiger partial charge in [-0.3, -0.25) is 14.4 Å². The Hall–Kier alpha value is -2.31. The number of carbonyl (C=O) groups is 3. The number of rotatable bonds is 8. The van der Waals surface area contributed by atoms with Crippen LogP contribution < -0.4 is 5.32 Å². The van der Waals surface area contributed by atoms with Crippen LogP contribution in [0.5, 0.6) is 0 Å². The van der Waals surface area contributed by atoms with Gasteiger partial charge in [0.15, 0.2) is 11.6 Å². The summed E-state index contributed by atoms with van der Waals surface area (Å²) in [6.07, 6.45) is 3.15. The number of ketones is 2. The second-order valence-corrected chi connectivity index (χ2v) is 7.77. The molecule has 1 aromatic carbocycles. The second kappa shape index (κ2) is 9.06. The van der Waals surface area contributed by atoms with Crippen molar-refractivity contribution in [2.24, 2.45) is 0 Å². The first-order chi connectivity index (χ1) is 13.0. The zero-order valence-electron chi connectivity index (χ0n) is 15.3. The molecule has 0 bridgehead atoms. The highest BCUT2D eigenvalue weighted by molar-refractivity contribution is 7.16. The first-order valence-corrected chi connectivity index (χ1v) is 9.97. The zero-order chi connectivity index (χ0) is 19.2. The molecule has 1 atom stereocenters. The van der Waals surface area contributed by atoms with E-state index in [1.54, 1.807) is 24.3 Å². The maximum atomic E-state index is 12.3. The lowest BCUT2D eigenvalue weighted by molar-refractivity contribution is 0.0857. The molecule has 1 aliphatic heterocycles. The Labute approximate surface area is 162 Å². The van der Waals surface area contributed by atoms with Crippen LogP contribution in [0, 0.1) is 0 Å². The molecular formula is C21H23NO4S. The summed E-state index contributed by atoms with van der Waals surface area (Å²) in [5.74, 6) is -0.0956. The molecule has 0 saturated carbocycles. The van der Waals surface area contributed by atoms with Crippen LogP contribution in [0.1, 0.15) is 61.5 Å². The lowest BCUT2D eigenvalue weighted by Gasteiger charge is -2.11. The molecule has 5 nitrogen and oxygen atoms in total. The fourth-order valence-electron chi connectivity index (χ4n) is 2.99. The standard InChI is InChI=1S/C21H23NO4S/c1-14(23)19-10-11-20(27-19)18(24)9-6-15-4-7-16(8-5-15)21(25)22-13-17-3-2-12-26-17/h4-5,7-8,10-11,17H,2-3,6,9,12-13H2,1H3,(H,22,25). The third-order valence-corrected chi connectivity index (χ3v) is 5.83. The van der Waals surface area contributed by atoms with Gasteiger partial charge in [-0.2, -0.15) is 0 Å². The molecule has 1 amide bonds. The number of nitrogens with one attached hydrogen (secondary N) is 1. The SMILES string of the molecule is CC(=O)c1ccc(C(=O)CCc2ccc(C(=O)NCC3CCCO3)cc2)s1.